The summed E-state index contributed by atoms with van der Waals surface area (Å²) >= 11 is 0. The van der Waals surface area contributed by atoms with Gasteiger partial charge in [-0.3, -0.25) is 4.79 Å². The van der Waals surface area contributed by atoms with Gasteiger partial charge in [-0.1, -0.05) is 19.4 Å². The van der Waals surface area contributed by atoms with Gasteiger partial charge in [0.2, 0.25) is 0 Å². The highest BCUT2D eigenvalue weighted by Gasteiger charge is 2.32. The van der Waals surface area contributed by atoms with Crippen molar-refractivity contribution in [2.75, 3.05) is 42.6 Å². The standard InChI is InChI=1S/C18H27N3O3S/c1-2-4-15-12-21(13-17(15)19)18(22)14-5-3-6-16(11-14)20-7-9-25(23,24)10-8-20/h3,5-6,11,15,17H,2,4,7-10,12-13,19H2,1H3. The van der Waals surface area contributed by atoms with E-state index >= 15 is 0 Å². The third kappa shape index (κ3) is 4.15. The molecule has 1 aromatic carbocycles. The van der Waals surface area contributed by atoms with E-state index in [2.05, 4.69) is 6.92 Å². The first-order chi connectivity index (χ1) is 11.9. The summed E-state index contributed by atoms with van der Waals surface area (Å²) in [7, 11) is -2.91. The summed E-state index contributed by atoms with van der Waals surface area (Å²) < 4.78 is 23.2. The van der Waals surface area contributed by atoms with Crippen LogP contribution in [0, 0.1) is 5.92 Å². The van der Waals surface area contributed by atoms with Gasteiger partial charge in [0.1, 0.15) is 0 Å². The van der Waals surface area contributed by atoms with Crippen LogP contribution in [0.1, 0.15) is 30.1 Å². The van der Waals surface area contributed by atoms with E-state index in [-0.39, 0.29) is 23.5 Å². The fourth-order valence-corrected chi connectivity index (χ4v) is 4.93. The highest BCUT2D eigenvalue weighted by molar-refractivity contribution is 7.91. The van der Waals surface area contributed by atoms with E-state index in [1.165, 1.54) is 0 Å². The zero-order valence-corrected chi connectivity index (χ0v) is 15.5. The van der Waals surface area contributed by atoms with Crippen LogP contribution in [0.15, 0.2) is 24.3 Å². The number of amides is 1. The molecule has 0 aromatic heterocycles. The monoisotopic (exact) mass is 365 g/mol. The molecule has 7 heteroatoms. The first-order valence-corrected chi connectivity index (χ1v) is 10.8. The fraction of sp³-hybridized carbons (Fsp3) is 0.611. The lowest BCUT2D eigenvalue weighted by atomic mass is 9.99. The highest BCUT2D eigenvalue weighted by Crippen LogP contribution is 2.24. The molecule has 0 saturated carbocycles. The zero-order chi connectivity index (χ0) is 18.0. The molecule has 0 bridgehead atoms. The van der Waals surface area contributed by atoms with Crippen LogP contribution in [0.5, 0.6) is 0 Å². The van der Waals surface area contributed by atoms with E-state index in [1.807, 2.05) is 34.1 Å². The predicted octanol–water partition coefficient (Wildman–Crippen LogP) is 1.12. The van der Waals surface area contributed by atoms with Crippen molar-refractivity contribution < 1.29 is 13.2 Å². The molecule has 138 valence electrons. The molecule has 2 unspecified atom stereocenters. The summed E-state index contributed by atoms with van der Waals surface area (Å²) in [5.41, 5.74) is 7.74. The Kier molecular flexibility index (Phi) is 5.34. The lowest BCUT2D eigenvalue weighted by Gasteiger charge is -2.29. The van der Waals surface area contributed by atoms with Gasteiger partial charge in [-0.25, -0.2) is 8.42 Å². The number of anilines is 1. The summed E-state index contributed by atoms with van der Waals surface area (Å²) in [6.45, 7) is 4.43. The van der Waals surface area contributed by atoms with E-state index in [9.17, 15) is 13.2 Å². The molecule has 6 nitrogen and oxygen atoms in total. The smallest absolute Gasteiger partial charge is 0.253 e. The molecule has 2 saturated heterocycles. The van der Waals surface area contributed by atoms with E-state index in [0.29, 0.717) is 31.1 Å². The van der Waals surface area contributed by atoms with Gasteiger partial charge in [0, 0.05) is 43.5 Å². The summed E-state index contributed by atoms with van der Waals surface area (Å²) in [6, 6.07) is 7.55. The molecule has 25 heavy (non-hydrogen) atoms. The van der Waals surface area contributed by atoms with E-state index in [4.69, 9.17) is 5.73 Å². The summed E-state index contributed by atoms with van der Waals surface area (Å²) in [5.74, 6) is 0.736. The molecule has 2 atom stereocenters. The Morgan fingerprint density at radius 3 is 2.64 bits per heavy atom. The maximum Gasteiger partial charge on any atom is 0.253 e. The first kappa shape index (κ1) is 18.2. The van der Waals surface area contributed by atoms with Crippen molar-refractivity contribution in [3.05, 3.63) is 29.8 Å². The van der Waals surface area contributed by atoms with Crippen LogP contribution in [0.2, 0.25) is 0 Å². The number of hydrogen-bond acceptors (Lipinski definition) is 5. The first-order valence-electron chi connectivity index (χ1n) is 9.00. The minimum absolute atomic E-state index is 0.0144. The Bertz CT molecular complexity index is 721. The number of nitrogens with two attached hydrogens (primary N) is 1. The summed E-state index contributed by atoms with van der Waals surface area (Å²) in [4.78, 5) is 16.7. The van der Waals surface area contributed by atoms with Gasteiger partial charge in [-0.15, -0.1) is 0 Å². The molecule has 0 spiro atoms. The number of sulfone groups is 1. The minimum atomic E-state index is -2.91. The number of benzene rings is 1. The number of rotatable bonds is 4. The SMILES string of the molecule is CCCC1CN(C(=O)c2cccc(N3CCS(=O)(=O)CC3)c2)CC1N. The van der Waals surface area contributed by atoms with Crippen molar-refractivity contribution in [2.45, 2.75) is 25.8 Å². The van der Waals surface area contributed by atoms with Crippen LogP contribution in [0.3, 0.4) is 0 Å². The van der Waals surface area contributed by atoms with Crippen molar-refractivity contribution in [3.8, 4) is 0 Å². The highest BCUT2D eigenvalue weighted by atomic mass is 32.2. The van der Waals surface area contributed by atoms with Gasteiger partial charge in [0.25, 0.3) is 5.91 Å². The second-order valence-electron chi connectivity index (χ2n) is 7.11. The van der Waals surface area contributed by atoms with Gasteiger partial charge in [-0.2, -0.15) is 0 Å². The van der Waals surface area contributed by atoms with Crippen LogP contribution in [0.25, 0.3) is 0 Å². The molecular weight excluding hydrogens is 338 g/mol. The van der Waals surface area contributed by atoms with Crippen LogP contribution in [-0.2, 0) is 9.84 Å². The number of hydrogen-bond donors (Lipinski definition) is 1. The van der Waals surface area contributed by atoms with Crippen molar-refractivity contribution in [3.63, 3.8) is 0 Å². The van der Waals surface area contributed by atoms with Crippen molar-refractivity contribution in [1.29, 1.82) is 0 Å². The molecule has 2 heterocycles. The topological polar surface area (TPSA) is 83.7 Å². The zero-order valence-electron chi connectivity index (χ0n) is 14.7. The summed E-state index contributed by atoms with van der Waals surface area (Å²) in [5, 5.41) is 0. The molecule has 3 rings (SSSR count). The van der Waals surface area contributed by atoms with E-state index in [0.717, 1.165) is 25.1 Å². The third-order valence-electron chi connectivity index (χ3n) is 5.24. The Hall–Kier alpha value is -1.60. The Labute approximate surface area is 149 Å². The van der Waals surface area contributed by atoms with Gasteiger partial charge >= 0.3 is 0 Å². The minimum Gasteiger partial charge on any atom is -0.369 e. The van der Waals surface area contributed by atoms with E-state index in [1.54, 1.807) is 0 Å². The van der Waals surface area contributed by atoms with E-state index < -0.39 is 9.84 Å². The largest absolute Gasteiger partial charge is 0.369 e. The Morgan fingerprint density at radius 1 is 1.24 bits per heavy atom. The quantitative estimate of drug-likeness (QED) is 0.864. The molecule has 2 N–H and O–H groups in total. The van der Waals surface area contributed by atoms with Crippen LogP contribution < -0.4 is 10.6 Å². The molecule has 1 amide bonds. The molecule has 0 aliphatic carbocycles. The van der Waals surface area contributed by atoms with Gasteiger partial charge in [0.15, 0.2) is 9.84 Å². The molecule has 1 aromatic rings. The normalized spacial score (nSPS) is 26.0. The maximum absolute atomic E-state index is 12.8. The number of carbonyl (C=O) groups excluding carboxylic acids is 1. The molecular formula is C18H27N3O3S. The van der Waals surface area contributed by atoms with Gasteiger partial charge < -0.3 is 15.5 Å². The second kappa shape index (κ2) is 7.33. The average molecular weight is 365 g/mol. The van der Waals surface area contributed by atoms with Crippen LogP contribution in [0.4, 0.5) is 5.69 Å². The third-order valence-corrected chi connectivity index (χ3v) is 6.85. The predicted molar refractivity (Wildman–Crippen MR) is 99.6 cm³/mol. The molecule has 2 aliphatic rings. The average Bonchev–Trinajstić information content (AvgIpc) is 2.95. The molecule has 2 fully saturated rings. The summed E-state index contributed by atoms with van der Waals surface area (Å²) in [6.07, 6.45) is 2.13. The van der Waals surface area contributed by atoms with Crippen LogP contribution >= 0.6 is 0 Å². The number of nitrogens with zero attached hydrogens (tertiary/aromatic N) is 2. The van der Waals surface area contributed by atoms with Crippen molar-refractivity contribution in [2.24, 2.45) is 11.7 Å². The second-order valence-corrected chi connectivity index (χ2v) is 9.42. The fourth-order valence-electron chi connectivity index (χ4n) is 3.73. The van der Waals surface area contributed by atoms with Crippen molar-refractivity contribution in [1.82, 2.24) is 4.90 Å². The Balaban J connectivity index is 1.70. The number of carbonyl (C=O) groups is 1. The molecule has 2 aliphatic heterocycles. The van der Waals surface area contributed by atoms with Gasteiger partial charge in [-0.05, 0) is 30.5 Å². The van der Waals surface area contributed by atoms with Crippen molar-refractivity contribution >= 4 is 21.4 Å². The number of likely N-dealkylation sites (tertiary alicyclic amines) is 1. The van der Waals surface area contributed by atoms with Crippen LogP contribution in [-0.4, -0.2) is 63.0 Å². The Morgan fingerprint density at radius 2 is 1.96 bits per heavy atom. The maximum atomic E-state index is 12.8. The van der Waals surface area contributed by atoms with Gasteiger partial charge in [0.05, 0.1) is 11.5 Å². The lowest BCUT2D eigenvalue weighted by molar-refractivity contribution is 0.0785. The molecule has 0 radical (unpaired) electrons. The lowest BCUT2D eigenvalue weighted by Crippen LogP contribution is -2.40.